The molecule has 0 amide bonds. The summed E-state index contributed by atoms with van der Waals surface area (Å²) in [6.45, 7) is 0. The summed E-state index contributed by atoms with van der Waals surface area (Å²) in [6, 6.07) is 29.4. The van der Waals surface area contributed by atoms with E-state index < -0.39 is 11.6 Å². The normalized spacial score (nSPS) is 13.8. The third-order valence-corrected chi connectivity index (χ3v) is 6.09. The van der Waals surface area contributed by atoms with Crippen molar-refractivity contribution in [3.8, 4) is 5.75 Å². The quantitative estimate of drug-likeness (QED) is 0.339. The average Bonchev–Trinajstić information content (AvgIpc) is 2.89. The van der Waals surface area contributed by atoms with E-state index in [1.165, 1.54) is 7.11 Å². The molecule has 2 atom stereocenters. The number of aromatic nitrogens is 1. The Labute approximate surface area is 194 Å². The predicted octanol–water partition coefficient (Wildman–Crippen LogP) is 5.48. The number of fused-ring (bicyclic) bond motifs is 1. The van der Waals surface area contributed by atoms with Gasteiger partial charge in [0.2, 0.25) is 0 Å². The van der Waals surface area contributed by atoms with Crippen LogP contribution in [0.3, 0.4) is 0 Å². The molecule has 0 aliphatic rings. The van der Waals surface area contributed by atoms with Crippen LogP contribution in [0.4, 0.5) is 0 Å². The van der Waals surface area contributed by atoms with Crippen molar-refractivity contribution in [2.24, 2.45) is 0 Å². The lowest BCUT2D eigenvalue weighted by Crippen LogP contribution is -2.40. The van der Waals surface area contributed by atoms with Crippen LogP contribution in [0.1, 0.15) is 29.2 Å². The number of benzene rings is 3. The highest BCUT2D eigenvalue weighted by Crippen LogP contribution is 2.40. The van der Waals surface area contributed by atoms with Crippen LogP contribution in [-0.4, -0.2) is 32.3 Å². The minimum absolute atomic E-state index is 0.236. The zero-order chi connectivity index (χ0) is 23.3. The largest absolute Gasteiger partial charge is 0.497 e. The molecule has 3 aromatic carbocycles. The summed E-state index contributed by atoms with van der Waals surface area (Å²) in [6.07, 6.45) is 0.317. The summed E-state index contributed by atoms with van der Waals surface area (Å²) in [7, 11) is 4.57. The molecule has 0 saturated heterocycles. The van der Waals surface area contributed by atoms with Crippen LogP contribution in [0.2, 0.25) is 0 Å². The molecule has 4 rings (SSSR count). The molecule has 5 heteroatoms. The predicted molar refractivity (Wildman–Crippen MR) is 128 cm³/mol. The molecule has 5 nitrogen and oxygen atoms in total. The first-order chi connectivity index (χ1) is 16.1. The van der Waals surface area contributed by atoms with Crippen molar-refractivity contribution < 1.29 is 19.0 Å². The third kappa shape index (κ3) is 4.45. The Morgan fingerprint density at radius 1 is 0.848 bits per heavy atom. The number of nitrogens with zero attached hydrogens (tertiary/aromatic N) is 1. The van der Waals surface area contributed by atoms with Gasteiger partial charge in [0.05, 0.1) is 19.7 Å². The Hall–Kier alpha value is -3.70. The molecule has 0 bridgehead atoms. The monoisotopic (exact) mass is 441 g/mol. The first-order valence-electron chi connectivity index (χ1n) is 10.8. The van der Waals surface area contributed by atoms with Gasteiger partial charge < -0.3 is 14.2 Å². The highest BCUT2D eigenvalue weighted by atomic mass is 16.6. The van der Waals surface area contributed by atoms with Crippen molar-refractivity contribution in [2.75, 3.05) is 21.3 Å². The Morgan fingerprint density at radius 3 is 2.21 bits per heavy atom. The van der Waals surface area contributed by atoms with E-state index in [-0.39, 0.29) is 5.92 Å². The molecule has 2 unspecified atom stereocenters. The maximum Gasteiger partial charge on any atom is 0.342 e. The number of ether oxygens (including phenoxy) is 3. The van der Waals surface area contributed by atoms with E-state index in [4.69, 9.17) is 19.2 Å². The van der Waals surface area contributed by atoms with Gasteiger partial charge in [0, 0.05) is 30.5 Å². The first-order valence-corrected chi connectivity index (χ1v) is 10.8. The molecule has 0 N–H and O–H groups in total. The zero-order valence-corrected chi connectivity index (χ0v) is 19.0. The average molecular weight is 442 g/mol. The Kier molecular flexibility index (Phi) is 6.71. The number of hydrogen-bond acceptors (Lipinski definition) is 5. The highest BCUT2D eigenvalue weighted by molar-refractivity contribution is 5.82. The molecule has 4 aromatic rings. The van der Waals surface area contributed by atoms with Crippen molar-refractivity contribution in [3.05, 3.63) is 108 Å². The van der Waals surface area contributed by atoms with Crippen LogP contribution in [0.15, 0.2) is 91.0 Å². The number of methoxy groups -OCH3 is 3. The van der Waals surface area contributed by atoms with Crippen LogP contribution in [0.5, 0.6) is 5.75 Å². The van der Waals surface area contributed by atoms with E-state index in [9.17, 15) is 4.79 Å². The minimum Gasteiger partial charge on any atom is -0.497 e. The van der Waals surface area contributed by atoms with Gasteiger partial charge >= 0.3 is 5.97 Å². The van der Waals surface area contributed by atoms with Crippen molar-refractivity contribution in [2.45, 2.75) is 17.9 Å². The molecule has 168 valence electrons. The zero-order valence-electron chi connectivity index (χ0n) is 19.0. The molecule has 0 aliphatic carbocycles. The molecule has 0 radical (unpaired) electrons. The number of carbonyl (C=O) groups is 1. The van der Waals surface area contributed by atoms with E-state index in [2.05, 4.69) is 6.07 Å². The van der Waals surface area contributed by atoms with E-state index in [0.717, 1.165) is 33.5 Å². The van der Waals surface area contributed by atoms with Gasteiger partial charge in [-0.15, -0.1) is 0 Å². The second kappa shape index (κ2) is 9.84. The number of para-hydroxylation sites is 1. The minimum atomic E-state index is -1.30. The van der Waals surface area contributed by atoms with Gasteiger partial charge in [-0.05, 0) is 35.4 Å². The summed E-state index contributed by atoms with van der Waals surface area (Å²) >= 11 is 0. The van der Waals surface area contributed by atoms with Gasteiger partial charge in [0.25, 0.3) is 0 Å². The van der Waals surface area contributed by atoms with Crippen LogP contribution in [0.25, 0.3) is 10.9 Å². The molecular weight excluding hydrogens is 414 g/mol. The molecule has 0 fully saturated rings. The van der Waals surface area contributed by atoms with Gasteiger partial charge in [-0.2, -0.15) is 0 Å². The van der Waals surface area contributed by atoms with Crippen molar-refractivity contribution in [3.63, 3.8) is 0 Å². The Morgan fingerprint density at radius 2 is 1.55 bits per heavy atom. The lowest BCUT2D eigenvalue weighted by atomic mass is 9.79. The van der Waals surface area contributed by atoms with Crippen molar-refractivity contribution in [1.29, 1.82) is 0 Å². The fourth-order valence-electron chi connectivity index (χ4n) is 4.27. The van der Waals surface area contributed by atoms with E-state index >= 15 is 0 Å². The first kappa shape index (κ1) is 22.5. The fourth-order valence-corrected chi connectivity index (χ4v) is 4.27. The van der Waals surface area contributed by atoms with Crippen LogP contribution < -0.4 is 4.74 Å². The molecule has 0 spiro atoms. The topological polar surface area (TPSA) is 57.7 Å². The molecular formula is C28H27NO4. The summed E-state index contributed by atoms with van der Waals surface area (Å²) in [5, 5.41) is 1.06. The van der Waals surface area contributed by atoms with Gasteiger partial charge in [-0.25, -0.2) is 4.79 Å². The third-order valence-electron chi connectivity index (χ3n) is 6.09. The van der Waals surface area contributed by atoms with Crippen LogP contribution >= 0.6 is 0 Å². The SMILES string of the molecule is COC(=O)C(CC(c1ccc(OC)cc1)c1ccc2ccccc2n1)(OC)c1ccccc1. The number of rotatable bonds is 8. The lowest BCUT2D eigenvalue weighted by molar-refractivity contribution is -0.169. The lowest BCUT2D eigenvalue weighted by Gasteiger charge is -2.33. The van der Waals surface area contributed by atoms with Crippen LogP contribution in [-0.2, 0) is 19.9 Å². The Balaban J connectivity index is 1.87. The van der Waals surface area contributed by atoms with E-state index in [1.807, 2.05) is 84.9 Å². The number of hydrogen-bond donors (Lipinski definition) is 0. The van der Waals surface area contributed by atoms with Crippen LogP contribution in [0, 0.1) is 0 Å². The molecule has 33 heavy (non-hydrogen) atoms. The van der Waals surface area contributed by atoms with E-state index in [0.29, 0.717) is 6.42 Å². The van der Waals surface area contributed by atoms with Crippen molar-refractivity contribution >= 4 is 16.9 Å². The summed E-state index contributed by atoms with van der Waals surface area (Å²) in [5.41, 5.74) is 2.18. The number of pyridine rings is 1. The summed E-state index contributed by atoms with van der Waals surface area (Å²) in [5.74, 6) is 0.0771. The summed E-state index contributed by atoms with van der Waals surface area (Å²) < 4.78 is 16.5. The number of esters is 1. The molecule has 1 heterocycles. The Bertz CT molecular complexity index is 1220. The highest BCUT2D eigenvalue weighted by Gasteiger charge is 2.44. The van der Waals surface area contributed by atoms with Gasteiger partial charge in [-0.1, -0.05) is 66.7 Å². The maximum atomic E-state index is 13.2. The molecule has 0 aliphatic heterocycles. The van der Waals surface area contributed by atoms with Gasteiger partial charge in [0.1, 0.15) is 5.75 Å². The second-order valence-corrected chi connectivity index (χ2v) is 7.85. The van der Waals surface area contributed by atoms with Crippen molar-refractivity contribution in [1.82, 2.24) is 4.98 Å². The molecule has 1 aromatic heterocycles. The number of carbonyl (C=O) groups excluding carboxylic acids is 1. The van der Waals surface area contributed by atoms with Gasteiger partial charge in [-0.3, -0.25) is 4.98 Å². The van der Waals surface area contributed by atoms with Gasteiger partial charge in [0.15, 0.2) is 5.60 Å². The second-order valence-electron chi connectivity index (χ2n) is 7.85. The van der Waals surface area contributed by atoms with E-state index in [1.54, 1.807) is 14.2 Å². The maximum absolute atomic E-state index is 13.2. The molecule has 0 saturated carbocycles. The fraction of sp³-hybridized carbons (Fsp3) is 0.214. The standard InChI is InChI=1S/C28H27NO4/c1-31-23-16-13-20(14-17-23)24(26-18-15-21-9-7-8-12-25(21)29-26)19-28(33-3,27(30)32-2)22-10-5-4-6-11-22/h4-18,24H,19H2,1-3H3. The summed E-state index contributed by atoms with van der Waals surface area (Å²) in [4.78, 5) is 18.1. The smallest absolute Gasteiger partial charge is 0.342 e.